The summed E-state index contributed by atoms with van der Waals surface area (Å²) in [5, 5.41) is 0. The molecule has 1 aromatic carbocycles. The molecule has 0 spiro atoms. The zero-order valence-corrected chi connectivity index (χ0v) is 14.8. The van der Waals surface area contributed by atoms with E-state index in [0.717, 1.165) is 12.2 Å². The average Bonchev–Trinajstić information content (AvgIpc) is 3.09. The van der Waals surface area contributed by atoms with Crippen LogP contribution in [0.4, 0.5) is 0 Å². The Bertz CT molecular complexity index is 851. The molecule has 5 nitrogen and oxygen atoms in total. The van der Waals surface area contributed by atoms with Gasteiger partial charge in [-0.1, -0.05) is 19.1 Å². The van der Waals surface area contributed by atoms with E-state index in [1.54, 1.807) is 0 Å². The molecule has 24 heavy (non-hydrogen) atoms. The molecule has 0 aliphatic heterocycles. The van der Waals surface area contributed by atoms with Crippen LogP contribution >= 0.6 is 0 Å². The SMILES string of the molecule is CC(=O)c1ccc(S(=O)(=O)N(C)Cc2ccc([C@H]3C[C@@H]3C)o2)cc1. The van der Waals surface area contributed by atoms with Crippen LogP contribution in [0.5, 0.6) is 0 Å². The van der Waals surface area contributed by atoms with Gasteiger partial charge in [-0.3, -0.25) is 4.79 Å². The molecule has 0 radical (unpaired) electrons. The van der Waals surface area contributed by atoms with Gasteiger partial charge in [0.2, 0.25) is 10.0 Å². The Hall–Kier alpha value is -1.92. The Labute approximate surface area is 142 Å². The van der Waals surface area contributed by atoms with Crippen molar-refractivity contribution in [1.29, 1.82) is 0 Å². The van der Waals surface area contributed by atoms with Crippen LogP contribution in [0, 0.1) is 5.92 Å². The summed E-state index contributed by atoms with van der Waals surface area (Å²) in [6, 6.07) is 9.76. The second-order valence-electron chi connectivity index (χ2n) is 6.47. The van der Waals surface area contributed by atoms with Gasteiger partial charge in [-0.2, -0.15) is 4.31 Å². The number of hydrogen-bond donors (Lipinski definition) is 0. The highest BCUT2D eigenvalue weighted by Crippen LogP contribution is 2.47. The number of carbonyl (C=O) groups is 1. The summed E-state index contributed by atoms with van der Waals surface area (Å²) in [4.78, 5) is 11.5. The van der Waals surface area contributed by atoms with E-state index in [9.17, 15) is 13.2 Å². The minimum Gasteiger partial charge on any atom is -0.464 e. The molecule has 1 heterocycles. The average molecular weight is 347 g/mol. The van der Waals surface area contributed by atoms with Crippen molar-refractivity contribution in [3.05, 3.63) is 53.5 Å². The number of sulfonamides is 1. The molecule has 1 fully saturated rings. The van der Waals surface area contributed by atoms with Crippen LogP contribution in [0.3, 0.4) is 0 Å². The lowest BCUT2D eigenvalue weighted by Crippen LogP contribution is -2.26. The lowest BCUT2D eigenvalue weighted by Gasteiger charge is -2.16. The first-order valence-corrected chi connectivity index (χ1v) is 9.39. The quantitative estimate of drug-likeness (QED) is 0.751. The lowest BCUT2D eigenvalue weighted by atomic mass is 10.2. The maximum absolute atomic E-state index is 12.6. The number of furan rings is 1. The Morgan fingerprint density at radius 1 is 1.21 bits per heavy atom. The van der Waals surface area contributed by atoms with Gasteiger partial charge in [-0.15, -0.1) is 0 Å². The first-order valence-electron chi connectivity index (χ1n) is 7.95. The third-order valence-corrected chi connectivity index (χ3v) is 6.32. The van der Waals surface area contributed by atoms with Gasteiger partial charge in [-0.25, -0.2) is 8.42 Å². The number of carbonyl (C=O) groups excluding carboxylic acids is 1. The molecule has 1 saturated carbocycles. The molecule has 0 bridgehead atoms. The second-order valence-corrected chi connectivity index (χ2v) is 8.51. The van der Waals surface area contributed by atoms with Crippen molar-refractivity contribution in [2.45, 2.75) is 37.6 Å². The van der Waals surface area contributed by atoms with Crippen molar-refractivity contribution in [1.82, 2.24) is 4.31 Å². The fourth-order valence-corrected chi connectivity index (χ4v) is 3.88. The summed E-state index contributed by atoms with van der Waals surface area (Å²) < 4.78 is 32.3. The summed E-state index contributed by atoms with van der Waals surface area (Å²) in [5.41, 5.74) is 0.492. The highest BCUT2D eigenvalue weighted by Gasteiger charge is 2.36. The van der Waals surface area contributed by atoms with E-state index in [-0.39, 0.29) is 17.2 Å². The van der Waals surface area contributed by atoms with Crippen molar-refractivity contribution < 1.29 is 17.6 Å². The van der Waals surface area contributed by atoms with Gasteiger partial charge in [0.05, 0.1) is 11.4 Å². The highest BCUT2D eigenvalue weighted by molar-refractivity contribution is 7.89. The third-order valence-electron chi connectivity index (χ3n) is 4.50. The van der Waals surface area contributed by atoms with E-state index in [4.69, 9.17) is 4.42 Å². The maximum Gasteiger partial charge on any atom is 0.243 e. The largest absolute Gasteiger partial charge is 0.464 e. The normalized spacial score (nSPS) is 20.3. The first kappa shape index (κ1) is 16.9. The summed E-state index contributed by atoms with van der Waals surface area (Å²) in [5.74, 6) is 2.60. The van der Waals surface area contributed by atoms with Crippen LogP contribution < -0.4 is 0 Å². The van der Waals surface area contributed by atoms with E-state index in [0.29, 0.717) is 23.2 Å². The van der Waals surface area contributed by atoms with Gasteiger partial charge in [-0.05, 0) is 43.5 Å². The number of Topliss-reactive ketones (excluding diaryl/α,β-unsaturated/α-hetero) is 1. The smallest absolute Gasteiger partial charge is 0.243 e. The van der Waals surface area contributed by atoms with Crippen LogP contribution in [-0.2, 0) is 16.6 Å². The standard InChI is InChI=1S/C18H21NO4S/c1-12-10-17(12)18-9-6-15(23-18)11-19(3)24(21,22)16-7-4-14(5-8-16)13(2)20/h4-9,12,17H,10-11H2,1-3H3/t12-,17-/m0/s1. The minimum absolute atomic E-state index is 0.0929. The monoisotopic (exact) mass is 347 g/mol. The van der Waals surface area contributed by atoms with E-state index in [1.807, 2.05) is 12.1 Å². The highest BCUT2D eigenvalue weighted by atomic mass is 32.2. The minimum atomic E-state index is -3.62. The molecule has 2 atom stereocenters. The van der Waals surface area contributed by atoms with Crippen LogP contribution in [0.2, 0.25) is 0 Å². The number of rotatable bonds is 6. The lowest BCUT2D eigenvalue weighted by molar-refractivity contribution is 0.101. The molecule has 0 unspecified atom stereocenters. The van der Waals surface area contributed by atoms with Crippen LogP contribution in [-0.4, -0.2) is 25.6 Å². The Morgan fingerprint density at radius 3 is 2.38 bits per heavy atom. The number of ketones is 1. The third kappa shape index (κ3) is 3.30. The molecule has 3 rings (SSSR count). The van der Waals surface area contributed by atoms with Crippen LogP contribution in [0.15, 0.2) is 45.7 Å². The van der Waals surface area contributed by atoms with Crippen LogP contribution in [0.1, 0.15) is 48.1 Å². The van der Waals surface area contributed by atoms with Gasteiger partial charge < -0.3 is 4.42 Å². The van der Waals surface area contributed by atoms with Crippen molar-refractivity contribution in [3.63, 3.8) is 0 Å². The molecular weight excluding hydrogens is 326 g/mol. The number of nitrogens with zero attached hydrogens (tertiary/aromatic N) is 1. The van der Waals surface area contributed by atoms with Crippen molar-refractivity contribution in [3.8, 4) is 0 Å². The number of benzene rings is 1. The summed E-state index contributed by atoms with van der Waals surface area (Å²) in [7, 11) is -2.10. The molecular formula is C18H21NO4S. The molecule has 2 aromatic rings. The maximum atomic E-state index is 12.6. The predicted octanol–water partition coefficient (Wildman–Crippen LogP) is 3.43. The topological polar surface area (TPSA) is 67.6 Å². The van der Waals surface area contributed by atoms with Crippen molar-refractivity contribution in [2.24, 2.45) is 5.92 Å². The van der Waals surface area contributed by atoms with E-state index < -0.39 is 10.0 Å². The van der Waals surface area contributed by atoms with E-state index in [2.05, 4.69) is 6.92 Å². The van der Waals surface area contributed by atoms with E-state index >= 15 is 0 Å². The molecule has 1 aliphatic rings. The van der Waals surface area contributed by atoms with Gasteiger partial charge in [0.25, 0.3) is 0 Å². The summed E-state index contributed by atoms with van der Waals surface area (Å²) in [6.45, 7) is 3.80. The van der Waals surface area contributed by atoms with Gasteiger partial charge in [0, 0.05) is 18.5 Å². The Balaban J connectivity index is 1.74. The molecule has 128 valence electrons. The summed E-state index contributed by atoms with van der Waals surface area (Å²) in [6.07, 6.45) is 1.13. The molecule has 0 N–H and O–H groups in total. The molecule has 1 aliphatic carbocycles. The van der Waals surface area contributed by atoms with Crippen molar-refractivity contribution >= 4 is 15.8 Å². The van der Waals surface area contributed by atoms with Gasteiger partial charge >= 0.3 is 0 Å². The molecule has 0 saturated heterocycles. The molecule has 0 amide bonds. The zero-order valence-electron chi connectivity index (χ0n) is 14.0. The fourth-order valence-electron chi connectivity index (χ4n) is 2.74. The second kappa shape index (κ2) is 6.18. The van der Waals surface area contributed by atoms with Crippen molar-refractivity contribution in [2.75, 3.05) is 7.05 Å². The number of hydrogen-bond acceptors (Lipinski definition) is 4. The van der Waals surface area contributed by atoms with E-state index in [1.165, 1.54) is 42.5 Å². The van der Waals surface area contributed by atoms with Gasteiger partial charge in [0.1, 0.15) is 11.5 Å². The predicted molar refractivity (Wildman–Crippen MR) is 90.3 cm³/mol. The summed E-state index contributed by atoms with van der Waals surface area (Å²) >= 11 is 0. The Kier molecular flexibility index (Phi) is 4.36. The Morgan fingerprint density at radius 2 is 1.83 bits per heavy atom. The van der Waals surface area contributed by atoms with Gasteiger partial charge in [0.15, 0.2) is 5.78 Å². The fraction of sp³-hybridized carbons (Fsp3) is 0.389. The molecule has 1 aromatic heterocycles. The molecule has 6 heteroatoms. The van der Waals surface area contributed by atoms with Crippen LogP contribution in [0.25, 0.3) is 0 Å². The zero-order chi connectivity index (χ0) is 17.5. The first-order chi connectivity index (χ1) is 11.3.